The molecule has 3 nitrogen and oxygen atoms in total. The van der Waals surface area contributed by atoms with E-state index in [9.17, 15) is 4.79 Å². The van der Waals surface area contributed by atoms with E-state index in [1.165, 1.54) is 0 Å². The van der Waals surface area contributed by atoms with Crippen LogP contribution in [0, 0.1) is 0 Å². The van der Waals surface area contributed by atoms with Gasteiger partial charge in [-0.05, 0) is 6.72 Å². The number of rotatable bonds is 2. The fraction of sp³-hybridized carbons (Fsp3) is 0.333. The van der Waals surface area contributed by atoms with Crippen molar-refractivity contribution in [2.24, 2.45) is 4.99 Å². The first-order valence-electron chi connectivity index (χ1n) is 1.63. The molecule has 0 atom stereocenters. The van der Waals surface area contributed by atoms with Crippen LogP contribution in [-0.4, -0.2) is 19.2 Å². The SMILES string of the molecule is C=NCC(=O)NI. The summed E-state index contributed by atoms with van der Waals surface area (Å²) in [6.07, 6.45) is 0. The van der Waals surface area contributed by atoms with Crippen LogP contribution in [0.25, 0.3) is 0 Å². The Morgan fingerprint density at radius 2 is 2.57 bits per heavy atom. The lowest BCUT2D eigenvalue weighted by atomic mass is 10.6. The highest BCUT2D eigenvalue weighted by atomic mass is 127. The predicted molar refractivity (Wildman–Crippen MR) is 36.6 cm³/mol. The van der Waals surface area contributed by atoms with Crippen LogP contribution in [-0.2, 0) is 4.79 Å². The minimum atomic E-state index is -0.115. The molecule has 7 heavy (non-hydrogen) atoms. The molecule has 0 fully saturated rings. The number of aliphatic imine (C=N–C) groups is 1. The van der Waals surface area contributed by atoms with E-state index < -0.39 is 0 Å². The van der Waals surface area contributed by atoms with Crippen molar-refractivity contribution in [3.8, 4) is 0 Å². The van der Waals surface area contributed by atoms with E-state index in [0.29, 0.717) is 0 Å². The third kappa shape index (κ3) is 3.71. The summed E-state index contributed by atoms with van der Waals surface area (Å²) in [5.74, 6) is -0.115. The first-order valence-corrected chi connectivity index (χ1v) is 2.71. The summed E-state index contributed by atoms with van der Waals surface area (Å²) < 4.78 is 2.36. The van der Waals surface area contributed by atoms with E-state index in [0.717, 1.165) is 0 Å². The van der Waals surface area contributed by atoms with Gasteiger partial charge in [-0.15, -0.1) is 0 Å². The number of halogens is 1. The summed E-state index contributed by atoms with van der Waals surface area (Å²) in [6.45, 7) is 3.29. The number of nitrogens with zero attached hydrogens (tertiary/aromatic N) is 1. The van der Waals surface area contributed by atoms with Crippen LogP contribution in [0.1, 0.15) is 0 Å². The van der Waals surface area contributed by atoms with E-state index in [1.807, 2.05) is 0 Å². The molecule has 0 aliphatic carbocycles. The van der Waals surface area contributed by atoms with Gasteiger partial charge in [-0.25, -0.2) is 0 Å². The number of hydrogen-bond donors (Lipinski definition) is 1. The van der Waals surface area contributed by atoms with Crippen LogP contribution in [0.5, 0.6) is 0 Å². The fourth-order valence-electron chi connectivity index (χ4n) is 0.131. The van der Waals surface area contributed by atoms with Gasteiger partial charge >= 0.3 is 0 Å². The summed E-state index contributed by atoms with van der Waals surface area (Å²) >= 11 is 1.75. The van der Waals surface area contributed by atoms with Crippen molar-refractivity contribution in [1.82, 2.24) is 3.53 Å². The first kappa shape index (κ1) is 6.87. The minimum absolute atomic E-state index is 0.115. The average Bonchev–Trinajstić information content (AvgIpc) is 1.68. The summed E-state index contributed by atoms with van der Waals surface area (Å²) in [5.41, 5.74) is 0. The Balaban J connectivity index is 3.17. The Kier molecular flexibility index (Phi) is 3.97. The largest absolute Gasteiger partial charge is 0.297 e. The number of hydrogen-bond acceptors (Lipinski definition) is 2. The minimum Gasteiger partial charge on any atom is -0.297 e. The number of amides is 1. The van der Waals surface area contributed by atoms with E-state index in [-0.39, 0.29) is 12.5 Å². The van der Waals surface area contributed by atoms with Gasteiger partial charge in [0.1, 0.15) is 6.54 Å². The lowest BCUT2D eigenvalue weighted by Gasteiger charge is -1.86. The number of nitrogens with one attached hydrogen (secondary N) is 1. The molecular weight excluding hydrogens is 207 g/mol. The van der Waals surface area contributed by atoms with Crippen LogP contribution < -0.4 is 3.53 Å². The Morgan fingerprint density at radius 1 is 2.00 bits per heavy atom. The van der Waals surface area contributed by atoms with Gasteiger partial charge in [-0.3, -0.25) is 13.3 Å². The third-order valence-electron chi connectivity index (χ3n) is 0.361. The molecule has 1 N–H and O–H groups in total. The van der Waals surface area contributed by atoms with Crippen LogP contribution in [0.2, 0.25) is 0 Å². The van der Waals surface area contributed by atoms with Crippen molar-refractivity contribution in [3.05, 3.63) is 0 Å². The summed E-state index contributed by atoms with van der Waals surface area (Å²) in [6, 6.07) is 0. The van der Waals surface area contributed by atoms with Gasteiger partial charge in [0.25, 0.3) is 0 Å². The van der Waals surface area contributed by atoms with Gasteiger partial charge in [0.15, 0.2) is 0 Å². The molecule has 0 radical (unpaired) electrons. The fourth-order valence-corrected chi connectivity index (χ4v) is 0.302. The van der Waals surface area contributed by atoms with E-state index in [1.54, 1.807) is 22.9 Å². The molecule has 0 bridgehead atoms. The molecule has 1 amide bonds. The Hall–Kier alpha value is -0.130. The molecule has 0 aromatic rings. The highest BCUT2D eigenvalue weighted by molar-refractivity contribution is 14.1. The van der Waals surface area contributed by atoms with Gasteiger partial charge in [-0.2, -0.15) is 0 Å². The molecule has 0 spiro atoms. The van der Waals surface area contributed by atoms with Gasteiger partial charge in [0, 0.05) is 0 Å². The van der Waals surface area contributed by atoms with Gasteiger partial charge in [0.2, 0.25) is 5.91 Å². The normalized spacial score (nSPS) is 7.57. The predicted octanol–water partition coefficient (Wildman–Crippen LogP) is 0.153. The molecule has 0 aromatic carbocycles. The zero-order chi connectivity index (χ0) is 5.70. The third-order valence-corrected chi connectivity index (χ3v) is 0.962. The second kappa shape index (κ2) is 4.04. The maximum absolute atomic E-state index is 10.2. The van der Waals surface area contributed by atoms with Crippen molar-refractivity contribution in [3.63, 3.8) is 0 Å². The second-order valence-electron chi connectivity index (χ2n) is 0.899. The molecule has 0 saturated carbocycles. The van der Waals surface area contributed by atoms with E-state index in [4.69, 9.17) is 0 Å². The zero-order valence-corrected chi connectivity index (χ0v) is 5.81. The summed E-state index contributed by atoms with van der Waals surface area (Å²) in [7, 11) is 0. The standard InChI is InChI=1S/C3H5IN2O/c1-5-2-3(7)6-4/h1-2H2,(H,6,7). The van der Waals surface area contributed by atoms with Crippen molar-refractivity contribution in [1.29, 1.82) is 0 Å². The van der Waals surface area contributed by atoms with Crippen molar-refractivity contribution in [2.75, 3.05) is 6.54 Å². The molecule has 0 saturated heterocycles. The summed E-state index contributed by atoms with van der Waals surface area (Å²) in [5, 5.41) is 0. The Morgan fingerprint density at radius 3 is 2.71 bits per heavy atom. The van der Waals surface area contributed by atoms with Crippen molar-refractivity contribution in [2.45, 2.75) is 0 Å². The number of carbonyl (C=O) groups excluding carboxylic acids is 1. The van der Waals surface area contributed by atoms with Gasteiger partial charge < -0.3 is 0 Å². The Bertz CT molecular complexity index is 83.0. The van der Waals surface area contributed by atoms with Crippen LogP contribution >= 0.6 is 22.9 Å². The molecule has 40 valence electrons. The lowest BCUT2D eigenvalue weighted by Crippen LogP contribution is -2.13. The van der Waals surface area contributed by atoms with Gasteiger partial charge in [0.05, 0.1) is 22.9 Å². The lowest BCUT2D eigenvalue weighted by molar-refractivity contribution is -0.117. The molecule has 4 heteroatoms. The molecule has 0 heterocycles. The molecule has 0 rings (SSSR count). The highest BCUT2D eigenvalue weighted by Crippen LogP contribution is 1.71. The molecular formula is C3H5IN2O. The van der Waals surface area contributed by atoms with Crippen LogP contribution in [0.3, 0.4) is 0 Å². The molecule has 0 aliphatic heterocycles. The quantitative estimate of drug-likeness (QED) is 0.395. The number of carbonyl (C=O) groups is 1. The van der Waals surface area contributed by atoms with Crippen LogP contribution in [0.15, 0.2) is 4.99 Å². The van der Waals surface area contributed by atoms with E-state index in [2.05, 4.69) is 15.2 Å². The van der Waals surface area contributed by atoms with Gasteiger partial charge in [-0.1, -0.05) is 0 Å². The maximum Gasteiger partial charge on any atom is 0.250 e. The topological polar surface area (TPSA) is 41.5 Å². The monoisotopic (exact) mass is 212 g/mol. The molecule has 0 unspecified atom stereocenters. The molecule has 0 aliphatic rings. The summed E-state index contributed by atoms with van der Waals surface area (Å²) in [4.78, 5) is 13.5. The smallest absolute Gasteiger partial charge is 0.250 e. The Labute approximate surface area is 55.7 Å². The molecule has 0 aromatic heterocycles. The van der Waals surface area contributed by atoms with Crippen LogP contribution in [0.4, 0.5) is 0 Å². The maximum atomic E-state index is 10.2. The average molecular weight is 212 g/mol. The van der Waals surface area contributed by atoms with E-state index >= 15 is 0 Å². The zero-order valence-electron chi connectivity index (χ0n) is 3.65. The first-order chi connectivity index (χ1) is 3.31. The van der Waals surface area contributed by atoms with Crippen molar-refractivity contribution < 1.29 is 4.79 Å². The highest BCUT2D eigenvalue weighted by Gasteiger charge is 1.89. The second-order valence-corrected chi connectivity index (χ2v) is 1.44. The van der Waals surface area contributed by atoms with Crippen molar-refractivity contribution >= 4 is 35.5 Å².